The highest BCUT2D eigenvalue weighted by Gasteiger charge is 2.23. The molecule has 160 valence electrons. The quantitative estimate of drug-likeness (QED) is 0.346. The van der Waals surface area contributed by atoms with Crippen molar-refractivity contribution in [1.29, 1.82) is 5.26 Å². The number of benzene rings is 2. The van der Waals surface area contributed by atoms with Crippen LogP contribution in [-0.4, -0.2) is 21.3 Å². The highest BCUT2D eigenvalue weighted by molar-refractivity contribution is 7.23. The van der Waals surface area contributed by atoms with E-state index in [1.165, 1.54) is 35.7 Å². The van der Waals surface area contributed by atoms with Gasteiger partial charge in [-0.25, -0.2) is 9.38 Å². The Hall–Kier alpha value is -4.03. The summed E-state index contributed by atoms with van der Waals surface area (Å²) in [5.74, 6) is -1.09. The van der Waals surface area contributed by atoms with Gasteiger partial charge in [-0.05, 0) is 13.8 Å². The lowest BCUT2D eigenvalue weighted by Gasteiger charge is -2.12. The Morgan fingerprint density at radius 3 is 2.34 bits per heavy atom. The number of hydrogen-bond acceptors (Lipinski definition) is 8. The fourth-order valence-corrected chi connectivity index (χ4v) is 4.58. The zero-order chi connectivity index (χ0) is 23.2. The van der Waals surface area contributed by atoms with Crippen LogP contribution < -0.4 is 15.0 Å². The van der Waals surface area contributed by atoms with E-state index in [9.17, 15) is 19.6 Å². The van der Waals surface area contributed by atoms with Crippen molar-refractivity contribution in [2.24, 2.45) is 0 Å². The van der Waals surface area contributed by atoms with E-state index in [0.717, 1.165) is 5.56 Å². The number of ether oxygens (including phenoxy) is 2. The van der Waals surface area contributed by atoms with E-state index < -0.39 is 17.5 Å². The SMILES string of the molecule is CC(=O)Oc1cc2sc3nc(-c4ccc(C)cc4)c(C#N)c(=O)n3c2c(C)c1OC(C)=O. The first-order valence-electron chi connectivity index (χ1n) is 9.58. The molecule has 2 heterocycles. The molecule has 4 aromatic rings. The average Bonchev–Trinajstić information content (AvgIpc) is 3.09. The highest BCUT2D eigenvalue weighted by Crippen LogP contribution is 2.40. The second-order valence-electron chi connectivity index (χ2n) is 7.20. The molecule has 0 aliphatic rings. The first-order chi connectivity index (χ1) is 15.2. The van der Waals surface area contributed by atoms with Gasteiger partial charge in [0.15, 0.2) is 16.5 Å². The number of rotatable bonds is 3. The molecule has 32 heavy (non-hydrogen) atoms. The van der Waals surface area contributed by atoms with E-state index >= 15 is 0 Å². The highest BCUT2D eigenvalue weighted by atomic mass is 32.1. The van der Waals surface area contributed by atoms with Gasteiger partial charge in [0, 0.05) is 31.0 Å². The Morgan fingerprint density at radius 2 is 1.75 bits per heavy atom. The first-order valence-corrected chi connectivity index (χ1v) is 10.4. The van der Waals surface area contributed by atoms with E-state index in [-0.39, 0.29) is 17.1 Å². The van der Waals surface area contributed by atoms with Gasteiger partial charge >= 0.3 is 11.9 Å². The second kappa shape index (κ2) is 7.90. The number of esters is 2. The zero-order valence-electron chi connectivity index (χ0n) is 17.7. The molecule has 2 aromatic carbocycles. The van der Waals surface area contributed by atoms with Crippen LogP contribution in [0.25, 0.3) is 26.4 Å². The van der Waals surface area contributed by atoms with Gasteiger partial charge in [0.05, 0.1) is 15.9 Å². The van der Waals surface area contributed by atoms with Gasteiger partial charge < -0.3 is 9.47 Å². The molecule has 0 saturated heterocycles. The van der Waals surface area contributed by atoms with Crippen LogP contribution in [0.3, 0.4) is 0 Å². The third-order valence-electron chi connectivity index (χ3n) is 4.83. The van der Waals surface area contributed by atoms with Crippen molar-refractivity contribution < 1.29 is 19.1 Å². The molecule has 0 atom stereocenters. The molecule has 0 radical (unpaired) electrons. The molecule has 0 fully saturated rings. The van der Waals surface area contributed by atoms with Crippen LogP contribution in [0.1, 0.15) is 30.5 Å². The largest absolute Gasteiger partial charge is 0.423 e. The lowest BCUT2D eigenvalue weighted by molar-refractivity contribution is -0.134. The van der Waals surface area contributed by atoms with E-state index in [0.29, 0.717) is 32.0 Å². The first kappa shape index (κ1) is 21.2. The monoisotopic (exact) mass is 447 g/mol. The van der Waals surface area contributed by atoms with Crippen molar-refractivity contribution >= 4 is 38.5 Å². The fraction of sp³-hybridized carbons (Fsp3) is 0.174. The molecule has 0 bridgehead atoms. The van der Waals surface area contributed by atoms with Crippen LogP contribution in [0, 0.1) is 25.2 Å². The van der Waals surface area contributed by atoms with Crippen LogP contribution in [0.2, 0.25) is 0 Å². The lowest BCUT2D eigenvalue weighted by atomic mass is 10.1. The summed E-state index contributed by atoms with van der Waals surface area (Å²) in [6.45, 7) is 6.05. The minimum absolute atomic E-state index is 0.0351. The molecule has 4 rings (SSSR count). The number of hydrogen-bond donors (Lipinski definition) is 0. The van der Waals surface area contributed by atoms with Crippen LogP contribution in [0.15, 0.2) is 35.1 Å². The predicted octanol–water partition coefficient (Wildman–Crippen LogP) is 3.92. The maximum atomic E-state index is 13.4. The third kappa shape index (κ3) is 3.50. The summed E-state index contributed by atoms with van der Waals surface area (Å²) in [6, 6.07) is 10.9. The topological polar surface area (TPSA) is 111 Å². The molecule has 0 spiro atoms. The number of nitrogens with zero attached hydrogens (tertiary/aromatic N) is 3. The molecule has 8 nitrogen and oxygen atoms in total. The standard InChI is InChI=1S/C23H17N3O5S/c1-11-5-7-15(8-6-11)19-16(10-24)22(29)26-20-12(2)21(31-14(4)28)17(30-13(3)27)9-18(20)32-23(26)25-19/h5-9H,1-4H3. The zero-order valence-corrected chi connectivity index (χ0v) is 18.5. The van der Waals surface area contributed by atoms with Gasteiger partial charge in [0.2, 0.25) is 0 Å². The number of aromatic nitrogens is 2. The van der Waals surface area contributed by atoms with E-state index in [4.69, 9.17) is 9.47 Å². The predicted molar refractivity (Wildman–Crippen MR) is 119 cm³/mol. The van der Waals surface area contributed by atoms with Crippen LogP contribution in [0.5, 0.6) is 11.5 Å². The molecule has 0 unspecified atom stereocenters. The third-order valence-corrected chi connectivity index (χ3v) is 5.82. The lowest BCUT2D eigenvalue weighted by Crippen LogP contribution is -2.19. The van der Waals surface area contributed by atoms with Crippen molar-refractivity contribution in [2.45, 2.75) is 27.7 Å². The number of thiazole rings is 1. The van der Waals surface area contributed by atoms with Gasteiger partial charge in [-0.15, -0.1) is 0 Å². The van der Waals surface area contributed by atoms with Crippen LogP contribution in [0.4, 0.5) is 0 Å². The minimum Gasteiger partial charge on any atom is -0.423 e. The summed E-state index contributed by atoms with van der Waals surface area (Å²) in [5, 5.41) is 9.74. The molecule has 0 amide bonds. The number of nitriles is 1. The van der Waals surface area contributed by atoms with Gasteiger partial charge in [0.25, 0.3) is 5.56 Å². The molecule has 9 heteroatoms. The molecule has 2 aromatic heterocycles. The summed E-state index contributed by atoms with van der Waals surface area (Å²) < 4.78 is 12.4. The number of carbonyl (C=O) groups is 2. The van der Waals surface area contributed by atoms with Gasteiger partial charge in [-0.2, -0.15) is 5.26 Å². The van der Waals surface area contributed by atoms with Gasteiger partial charge in [-0.1, -0.05) is 41.2 Å². The maximum Gasteiger partial charge on any atom is 0.308 e. The van der Waals surface area contributed by atoms with Crippen molar-refractivity contribution in [2.75, 3.05) is 0 Å². The summed E-state index contributed by atoms with van der Waals surface area (Å²) in [7, 11) is 0. The van der Waals surface area contributed by atoms with Crippen LogP contribution in [-0.2, 0) is 9.59 Å². The molecule has 0 aliphatic carbocycles. The van der Waals surface area contributed by atoms with Crippen molar-refractivity contribution in [3.05, 3.63) is 57.4 Å². The van der Waals surface area contributed by atoms with Crippen LogP contribution >= 0.6 is 11.3 Å². The van der Waals surface area contributed by atoms with Gasteiger partial charge in [0.1, 0.15) is 11.6 Å². The van der Waals surface area contributed by atoms with E-state index in [1.54, 1.807) is 6.92 Å². The second-order valence-corrected chi connectivity index (χ2v) is 8.21. The average molecular weight is 447 g/mol. The fourth-order valence-electron chi connectivity index (χ4n) is 3.47. The molecule has 0 aliphatic heterocycles. The van der Waals surface area contributed by atoms with E-state index in [1.807, 2.05) is 37.3 Å². The van der Waals surface area contributed by atoms with E-state index in [2.05, 4.69) is 4.98 Å². The summed E-state index contributed by atoms with van der Waals surface area (Å²) in [5.41, 5.74) is 2.21. The maximum absolute atomic E-state index is 13.4. The molecule has 0 N–H and O–H groups in total. The number of carbonyl (C=O) groups excluding carboxylic acids is 2. The summed E-state index contributed by atoms with van der Waals surface area (Å²) >= 11 is 1.20. The Balaban J connectivity index is 2.10. The Morgan fingerprint density at radius 1 is 1.09 bits per heavy atom. The van der Waals surface area contributed by atoms with Crippen molar-refractivity contribution in [3.8, 4) is 28.8 Å². The molecular weight excluding hydrogens is 430 g/mol. The smallest absolute Gasteiger partial charge is 0.308 e. The minimum atomic E-state index is -0.606. The molecule has 0 saturated carbocycles. The summed E-state index contributed by atoms with van der Waals surface area (Å²) in [4.78, 5) is 41.5. The van der Waals surface area contributed by atoms with Crippen molar-refractivity contribution in [1.82, 2.24) is 9.38 Å². The molecular formula is C23H17N3O5S. The Kier molecular flexibility index (Phi) is 5.24. The van der Waals surface area contributed by atoms with Crippen molar-refractivity contribution in [3.63, 3.8) is 0 Å². The Bertz CT molecular complexity index is 1520. The number of aryl methyl sites for hydroxylation is 2. The summed E-state index contributed by atoms with van der Waals surface area (Å²) in [6.07, 6.45) is 0. The normalized spacial score (nSPS) is 10.8. The Labute approximate surface area is 186 Å². The van der Waals surface area contributed by atoms with Gasteiger partial charge in [-0.3, -0.25) is 14.4 Å². The number of fused-ring (bicyclic) bond motifs is 3.